The van der Waals surface area contributed by atoms with Gasteiger partial charge in [-0.05, 0) is 56.8 Å². The molecule has 4 aliphatic carbocycles. The van der Waals surface area contributed by atoms with Gasteiger partial charge < -0.3 is 15.8 Å². The van der Waals surface area contributed by atoms with Crippen LogP contribution in [0.1, 0.15) is 57.8 Å². The predicted molar refractivity (Wildman–Crippen MR) is 94.8 cm³/mol. The molecule has 4 saturated carbocycles. The number of amides is 1. The lowest BCUT2D eigenvalue weighted by Crippen LogP contribution is -2.72. The van der Waals surface area contributed by atoms with Gasteiger partial charge in [-0.1, -0.05) is 12.8 Å². The molecule has 1 spiro atoms. The van der Waals surface area contributed by atoms with Gasteiger partial charge in [0.05, 0.1) is 6.10 Å². The number of ether oxygens (including phenoxy) is 1. The average Bonchev–Trinajstić information content (AvgIpc) is 2.88. The van der Waals surface area contributed by atoms with Gasteiger partial charge in [0, 0.05) is 35.9 Å². The Morgan fingerprint density at radius 3 is 2.42 bits per heavy atom. The summed E-state index contributed by atoms with van der Waals surface area (Å²) in [7, 11) is 0. The van der Waals surface area contributed by atoms with Crippen LogP contribution >= 0.6 is 12.4 Å². The molecule has 2 bridgehead atoms. The van der Waals surface area contributed by atoms with Gasteiger partial charge in [0.1, 0.15) is 0 Å². The van der Waals surface area contributed by atoms with Crippen LogP contribution in [0.25, 0.3) is 0 Å². The van der Waals surface area contributed by atoms with Gasteiger partial charge in [0.2, 0.25) is 5.91 Å². The highest BCUT2D eigenvalue weighted by molar-refractivity contribution is 5.85. The van der Waals surface area contributed by atoms with Crippen LogP contribution < -0.4 is 11.1 Å². The highest BCUT2D eigenvalue weighted by Gasteiger charge is 2.67. The summed E-state index contributed by atoms with van der Waals surface area (Å²) in [6.45, 7) is 0.895. The molecular formula is C19H31ClN2O2. The van der Waals surface area contributed by atoms with E-state index in [1.807, 2.05) is 0 Å². The predicted octanol–water partition coefficient (Wildman–Crippen LogP) is 2.64. The number of carbonyl (C=O) groups is 1. The molecule has 5 unspecified atom stereocenters. The van der Waals surface area contributed by atoms with Crippen molar-refractivity contribution in [2.24, 2.45) is 34.8 Å². The monoisotopic (exact) mass is 354 g/mol. The van der Waals surface area contributed by atoms with Crippen molar-refractivity contribution < 1.29 is 9.53 Å². The Balaban J connectivity index is 0.00000146. The number of fused-ring (bicyclic) bond motifs is 4. The van der Waals surface area contributed by atoms with Crippen molar-refractivity contribution in [2.75, 3.05) is 6.61 Å². The normalized spacial score (nSPS) is 47.8. The summed E-state index contributed by atoms with van der Waals surface area (Å²) >= 11 is 0. The number of nitrogens with two attached hydrogens (primary N) is 1. The van der Waals surface area contributed by atoms with Crippen molar-refractivity contribution in [3.05, 3.63) is 0 Å². The lowest BCUT2D eigenvalue weighted by Gasteiger charge is -2.63. The summed E-state index contributed by atoms with van der Waals surface area (Å²) in [4.78, 5) is 13.0. The number of hydrogen-bond donors (Lipinski definition) is 2. The fraction of sp³-hybridized carbons (Fsp3) is 0.947. The maximum absolute atomic E-state index is 13.0. The van der Waals surface area contributed by atoms with Crippen LogP contribution in [0.2, 0.25) is 0 Å². The van der Waals surface area contributed by atoms with E-state index < -0.39 is 0 Å². The zero-order chi connectivity index (χ0) is 15.6. The van der Waals surface area contributed by atoms with E-state index in [9.17, 15) is 4.79 Å². The first-order valence-electron chi connectivity index (χ1n) is 9.86. The van der Waals surface area contributed by atoms with Crippen molar-refractivity contribution in [3.8, 4) is 0 Å². The first-order valence-corrected chi connectivity index (χ1v) is 9.86. The molecule has 5 heteroatoms. The van der Waals surface area contributed by atoms with Gasteiger partial charge in [-0.15, -0.1) is 12.4 Å². The number of rotatable bonds is 2. The third-order valence-electron chi connectivity index (χ3n) is 8.12. The Bertz CT molecular complexity index is 496. The van der Waals surface area contributed by atoms with E-state index in [0.29, 0.717) is 47.3 Å². The van der Waals surface area contributed by atoms with E-state index in [1.165, 1.54) is 38.5 Å². The van der Waals surface area contributed by atoms with Crippen molar-refractivity contribution in [2.45, 2.75) is 76.0 Å². The topological polar surface area (TPSA) is 64.4 Å². The van der Waals surface area contributed by atoms with E-state index in [2.05, 4.69) is 5.32 Å². The van der Waals surface area contributed by atoms with Crippen molar-refractivity contribution in [1.29, 1.82) is 0 Å². The Labute approximate surface area is 151 Å². The van der Waals surface area contributed by atoms with E-state index in [1.54, 1.807) is 0 Å². The van der Waals surface area contributed by atoms with Crippen LogP contribution in [0.15, 0.2) is 0 Å². The molecule has 5 fully saturated rings. The SMILES string of the molecule is Cl.NC1C2CCCC1CC(C(=O)NC1C3CCOC3C13CCC3)C2. The Hall–Kier alpha value is -0.320. The van der Waals surface area contributed by atoms with Crippen molar-refractivity contribution in [3.63, 3.8) is 0 Å². The lowest BCUT2D eigenvalue weighted by atomic mass is 9.46. The molecule has 1 amide bonds. The maximum atomic E-state index is 13.0. The number of carbonyl (C=O) groups excluding carboxylic acids is 1. The Kier molecular flexibility index (Phi) is 4.38. The number of nitrogens with one attached hydrogen (secondary N) is 1. The third-order valence-corrected chi connectivity index (χ3v) is 8.12. The zero-order valence-corrected chi connectivity index (χ0v) is 15.2. The second kappa shape index (κ2) is 6.14. The molecular weight excluding hydrogens is 324 g/mol. The summed E-state index contributed by atoms with van der Waals surface area (Å²) in [5, 5.41) is 3.49. The quantitative estimate of drug-likeness (QED) is 0.801. The first kappa shape index (κ1) is 17.1. The number of halogens is 1. The van der Waals surface area contributed by atoms with E-state index >= 15 is 0 Å². The molecule has 136 valence electrons. The summed E-state index contributed by atoms with van der Waals surface area (Å²) in [5.74, 6) is 2.29. The molecule has 1 heterocycles. The summed E-state index contributed by atoms with van der Waals surface area (Å²) in [5.41, 5.74) is 6.68. The van der Waals surface area contributed by atoms with Gasteiger partial charge >= 0.3 is 0 Å². The maximum Gasteiger partial charge on any atom is 0.223 e. The van der Waals surface area contributed by atoms with E-state index in [4.69, 9.17) is 10.5 Å². The highest BCUT2D eigenvalue weighted by Crippen LogP contribution is 2.62. The summed E-state index contributed by atoms with van der Waals surface area (Å²) in [6.07, 6.45) is 11.2. The first-order chi connectivity index (χ1) is 11.2. The van der Waals surface area contributed by atoms with E-state index in [-0.39, 0.29) is 18.3 Å². The zero-order valence-electron chi connectivity index (χ0n) is 14.4. The second-order valence-corrected chi connectivity index (χ2v) is 9.01. The summed E-state index contributed by atoms with van der Waals surface area (Å²) < 4.78 is 5.97. The smallest absolute Gasteiger partial charge is 0.223 e. The molecule has 0 radical (unpaired) electrons. The van der Waals surface area contributed by atoms with Gasteiger partial charge in [0.15, 0.2) is 0 Å². The summed E-state index contributed by atoms with van der Waals surface area (Å²) in [6, 6.07) is 0.744. The van der Waals surface area contributed by atoms with Crippen LogP contribution in [-0.4, -0.2) is 30.7 Å². The minimum absolute atomic E-state index is 0. The van der Waals surface area contributed by atoms with Gasteiger partial charge in [0.25, 0.3) is 0 Å². The van der Waals surface area contributed by atoms with Crippen LogP contribution in [0.5, 0.6) is 0 Å². The van der Waals surface area contributed by atoms with Crippen molar-refractivity contribution in [1.82, 2.24) is 5.32 Å². The van der Waals surface area contributed by atoms with Gasteiger partial charge in [-0.3, -0.25) is 4.79 Å². The third kappa shape index (κ3) is 2.29. The Morgan fingerprint density at radius 1 is 1.08 bits per heavy atom. The second-order valence-electron chi connectivity index (χ2n) is 9.01. The molecule has 5 rings (SSSR count). The Morgan fingerprint density at radius 2 is 1.79 bits per heavy atom. The molecule has 0 aromatic carbocycles. The molecule has 5 aliphatic rings. The lowest BCUT2D eigenvalue weighted by molar-refractivity contribution is -0.180. The minimum atomic E-state index is 0. The van der Waals surface area contributed by atoms with Crippen LogP contribution in [0.4, 0.5) is 0 Å². The molecule has 0 aromatic rings. The molecule has 4 nitrogen and oxygen atoms in total. The fourth-order valence-electron chi connectivity index (χ4n) is 6.73. The minimum Gasteiger partial charge on any atom is -0.377 e. The van der Waals surface area contributed by atoms with Gasteiger partial charge in [-0.25, -0.2) is 0 Å². The number of hydrogen-bond acceptors (Lipinski definition) is 3. The van der Waals surface area contributed by atoms with Crippen LogP contribution in [0.3, 0.4) is 0 Å². The van der Waals surface area contributed by atoms with E-state index in [0.717, 1.165) is 25.9 Å². The fourth-order valence-corrected chi connectivity index (χ4v) is 6.73. The van der Waals surface area contributed by atoms with Crippen LogP contribution in [0, 0.1) is 29.1 Å². The molecule has 5 atom stereocenters. The van der Waals surface area contributed by atoms with Crippen molar-refractivity contribution >= 4 is 18.3 Å². The van der Waals surface area contributed by atoms with Crippen LogP contribution in [-0.2, 0) is 9.53 Å². The molecule has 1 aliphatic heterocycles. The van der Waals surface area contributed by atoms with Gasteiger partial charge in [-0.2, -0.15) is 0 Å². The largest absolute Gasteiger partial charge is 0.377 e. The average molecular weight is 355 g/mol. The molecule has 3 N–H and O–H groups in total. The standard InChI is InChI=1S/C19H30N2O2.ClH/c20-15-11-3-1-4-12(15)10-13(9-11)18(22)21-16-14-5-8-23-17(14)19(16)6-2-7-19;/h11-17H,1-10,20H2,(H,21,22);1H. The molecule has 0 aromatic heterocycles. The molecule has 1 saturated heterocycles. The molecule has 24 heavy (non-hydrogen) atoms. The highest BCUT2D eigenvalue weighted by atomic mass is 35.5.